The van der Waals surface area contributed by atoms with Gasteiger partial charge in [0.15, 0.2) is 12.4 Å². The van der Waals surface area contributed by atoms with Crippen molar-refractivity contribution in [2.75, 3.05) is 31.6 Å². The van der Waals surface area contributed by atoms with Crippen LogP contribution in [0.25, 0.3) is 0 Å². The third kappa shape index (κ3) is 5.69. The summed E-state index contributed by atoms with van der Waals surface area (Å²) in [5, 5.41) is 7.23. The van der Waals surface area contributed by atoms with Gasteiger partial charge in [0.1, 0.15) is 5.75 Å². The predicted octanol–water partition coefficient (Wildman–Crippen LogP) is 3.77. The van der Waals surface area contributed by atoms with Crippen LogP contribution in [0.5, 0.6) is 5.75 Å². The molecule has 0 atom stereocenters. The van der Waals surface area contributed by atoms with Crippen LogP contribution in [0.4, 0.5) is 5.69 Å². The lowest BCUT2D eigenvalue weighted by Gasteiger charge is -2.26. The van der Waals surface area contributed by atoms with Crippen LogP contribution in [0.2, 0.25) is 0 Å². The zero-order chi connectivity index (χ0) is 20.8. The summed E-state index contributed by atoms with van der Waals surface area (Å²) in [6.45, 7) is 4.46. The second-order valence-corrected chi connectivity index (χ2v) is 7.93. The van der Waals surface area contributed by atoms with Crippen molar-refractivity contribution in [2.24, 2.45) is 0 Å². The topological polar surface area (TPSA) is 68.6 Å². The highest BCUT2D eigenvalue weighted by molar-refractivity contribution is 9.10. The van der Waals surface area contributed by atoms with Crippen LogP contribution >= 0.6 is 15.9 Å². The number of aromatic nitrogens is 2. The maximum Gasteiger partial charge on any atom is 0.276 e. The number of morpholine rings is 1. The molecule has 0 bridgehead atoms. The Morgan fingerprint density at radius 1 is 1.13 bits per heavy atom. The predicted molar refractivity (Wildman–Crippen MR) is 117 cm³/mol. The summed E-state index contributed by atoms with van der Waals surface area (Å²) >= 11 is 3.39. The Bertz CT molecular complexity index is 984. The molecule has 1 amide bonds. The lowest BCUT2D eigenvalue weighted by Crippen LogP contribution is -2.35. The second kappa shape index (κ2) is 9.88. The fourth-order valence-corrected chi connectivity index (χ4v) is 3.45. The van der Waals surface area contributed by atoms with Crippen molar-refractivity contribution in [3.63, 3.8) is 0 Å². The van der Waals surface area contributed by atoms with Crippen LogP contribution in [0.3, 0.4) is 0 Å². The summed E-state index contributed by atoms with van der Waals surface area (Å²) in [5.41, 5.74) is 2.25. The van der Waals surface area contributed by atoms with Crippen LogP contribution in [0, 0.1) is 0 Å². The molecule has 156 valence electrons. The monoisotopic (exact) mass is 470 g/mol. The van der Waals surface area contributed by atoms with Gasteiger partial charge in [0.05, 0.1) is 13.2 Å². The molecule has 0 unspecified atom stereocenters. The lowest BCUT2D eigenvalue weighted by molar-refractivity contribution is 0.0342. The first-order valence-electron chi connectivity index (χ1n) is 9.78. The number of hydrogen-bond donors (Lipinski definition) is 1. The zero-order valence-corrected chi connectivity index (χ0v) is 18.0. The standard InChI is InChI=1S/C22H23BrN4O3/c23-18-4-6-20(7-5-18)30-16-27-9-8-21(25-27)22(28)24-19-3-1-2-17(14-19)15-26-10-12-29-13-11-26/h1-9,14H,10-13,15-16H2,(H,24,28). The van der Waals surface area contributed by atoms with Crippen LogP contribution in [0.1, 0.15) is 16.1 Å². The Kier molecular flexibility index (Phi) is 6.78. The number of halogens is 1. The normalized spacial score (nSPS) is 14.4. The molecule has 7 nitrogen and oxygen atoms in total. The van der Waals surface area contributed by atoms with Crippen LogP contribution < -0.4 is 10.1 Å². The van der Waals surface area contributed by atoms with E-state index in [2.05, 4.69) is 37.3 Å². The molecule has 1 saturated heterocycles. The van der Waals surface area contributed by atoms with E-state index in [1.807, 2.05) is 42.5 Å². The molecule has 1 aliphatic heterocycles. The quantitative estimate of drug-likeness (QED) is 0.569. The fraction of sp³-hybridized carbons (Fsp3) is 0.273. The minimum atomic E-state index is -0.249. The Morgan fingerprint density at radius 3 is 2.73 bits per heavy atom. The molecule has 0 radical (unpaired) electrons. The smallest absolute Gasteiger partial charge is 0.276 e. The summed E-state index contributed by atoms with van der Waals surface area (Å²) in [6, 6.07) is 17.1. The van der Waals surface area contributed by atoms with E-state index in [-0.39, 0.29) is 12.6 Å². The number of nitrogens with zero attached hydrogens (tertiary/aromatic N) is 3. The van der Waals surface area contributed by atoms with Gasteiger partial charge in [0.2, 0.25) is 0 Å². The first kappa shape index (κ1) is 20.6. The van der Waals surface area contributed by atoms with Crippen LogP contribution in [0.15, 0.2) is 65.3 Å². The molecule has 4 rings (SSSR count). The van der Waals surface area contributed by atoms with Crippen molar-refractivity contribution in [1.29, 1.82) is 0 Å². The third-order valence-electron chi connectivity index (χ3n) is 4.75. The van der Waals surface area contributed by atoms with Gasteiger partial charge in [-0.2, -0.15) is 5.10 Å². The van der Waals surface area contributed by atoms with Gasteiger partial charge in [0, 0.05) is 36.0 Å². The van der Waals surface area contributed by atoms with E-state index in [0.29, 0.717) is 5.69 Å². The molecular formula is C22H23BrN4O3. The van der Waals surface area contributed by atoms with Gasteiger partial charge < -0.3 is 14.8 Å². The SMILES string of the molecule is O=C(Nc1cccc(CN2CCOCC2)c1)c1ccn(COc2ccc(Br)cc2)n1. The largest absolute Gasteiger partial charge is 0.471 e. The highest BCUT2D eigenvalue weighted by atomic mass is 79.9. The van der Waals surface area contributed by atoms with Crippen molar-refractivity contribution in [3.05, 3.63) is 76.5 Å². The number of hydrogen-bond acceptors (Lipinski definition) is 5. The summed E-state index contributed by atoms with van der Waals surface area (Å²) in [7, 11) is 0. The molecule has 0 aliphatic carbocycles. The number of carbonyl (C=O) groups excluding carboxylic acids is 1. The molecule has 1 fully saturated rings. The Balaban J connectivity index is 1.32. The molecule has 0 saturated carbocycles. The number of benzene rings is 2. The summed E-state index contributed by atoms with van der Waals surface area (Å²) in [6.07, 6.45) is 1.72. The minimum absolute atomic E-state index is 0.226. The number of carbonyl (C=O) groups is 1. The second-order valence-electron chi connectivity index (χ2n) is 7.01. The van der Waals surface area contributed by atoms with Crippen molar-refractivity contribution < 1.29 is 14.3 Å². The highest BCUT2D eigenvalue weighted by Crippen LogP contribution is 2.17. The van der Waals surface area contributed by atoms with E-state index in [9.17, 15) is 4.79 Å². The minimum Gasteiger partial charge on any atom is -0.471 e. The molecule has 2 aromatic carbocycles. The van der Waals surface area contributed by atoms with Gasteiger partial charge in [-0.1, -0.05) is 28.1 Å². The third-order valence-corrected chi connectivity index (χ3v) is 5.27. The van der Waals surface area contributed by atoms with Gasteiger partial charge in [-0.05, 0) is 48.0 Å². The molecule has 2 heterocycles. The molecule has 1 aromatic heterocycles. The Hall–Kier alpha value is -2.68. The lowest BCUT2D eigenvalue weighted by atomic mass is 10.2. The van der Waals surface area contributed by atoms with Gasteiger partial charge in [-0.25, -0.2) is 4.68 Å². The maximum absolute atomic E-state index is 12.6. The van der Waals surface area contributed by atoms with Gasteiger partial charge in [0.25, 0.3) is 5.91 Å². The summed E-state index contributed by atoms with van der Waals surface area (Å²) in [5.74, 6) is 0.484. The van der Waals surface area contributed by atoms with E-state index in [1.165, 1.54) is 0 Å². The van der Waals surface area contributed by atoms with Crippen molar-refractivity contribution in [3.8, 4) is 5.75 Å². The Morgan fingerprint density at radius 2 is 1.93 bits per heavy atom. The fourth-order valence-electron chi connectivity index (χ4n) is 3.19. The van der Waals surface area contributed by atoms with E-state index >= 15 is 0 Å². The van der Waals surface area contributed by atoms with Crippen LogP contribution in [-0.2, 0) is 18.0 Å². The van der Waals surface area contributed by atoms with Crippen molar-refractivity contribution >= 4 is 27.5 Å². The molecule has 1 N–H and O–H groups in total. The summed E-state index contributed by atoms with van der Waals surface area (Å²) < 4.78 is 13.7. The molecule has 0 spiro atoms. The average Bonchev–Trinajstić information content (AvgIpc) is 3.24. The zero-order valence-electron chi connectivity index (χ0n) is 16.5. The van der Waals surface area contributed by atoms with E-state index in [1.54, 1.807) is 16.9 Å². The average molecular weight is 471 g/mol. The first-order chi connectivity index (χ1) is 14.7. The van der Waals surface area contributed by atoms with Gasteiger partial charge in [-0.15, -0.1) is 0 Å². The number of anilines is 1. The van der Waals surface area contributed by atoms with Gasteiger partial charge >= 0.3 is 0 Å². The van der Waals surface area contributed by atoms with Gasteiger partial charge in [-0.3, -0.25) is 9.69 Å². The number of ether oxygens (including phenoxy) is 2. The van der Waals surface area contributed by atoms with E-state index in [0.717, 1.165) is 54.3 Å². The molecule has 3 aromatic rings. The summed E-state index contributed by atoms with van der Waals surface area (Å²) in [4.78, 5) is 14.9. The molecule has 30 heavy (non-hydrogen) atoms. The first-order valence-corrected chi connectivity index (χ1v) is 10.6. The molecule has 1 aliphatic rings. The highest BCUT2D eigenvalue weighted by Gasteiger charge is 2.13. The number of amides is 1. The Labute approximate surface area is 183 Å². The molecule has 8 heteroatoms. The molecular weight excluding hydrogens is 448 g/mol. The van der Waals surface area contributed by atoms with Crippen molar-refractivity contribution in [2.45, 2.75) is 13.3 Å². The van der Waals surface area contributed by atoms with Crippen LogP contribution in [-0.4, -0.2) is 46.9 Å². The van der Waals surface area contributed by atoms with E-state index in [4.69, 9.17) is 9.47 Å². The maximum atomic E-state index is 12.6. The van der Waals surface area contributed by atoms with Crippen molar-refractivity contribution in [1.82, 2.24) is 14.7 Å². The van der Waals surface area contributed by atoms with E-state index < -0.39 is 0 Å². The number of nitrogens with one attached hydrogen (secondary N) is 1. The number of rotatable bonds is 7.